The minimum atomic E-state index is 0.514. The van der Waals surface area contributed by atoms with Crippen molar-refractivity contribution in [2.75, 3.05) is 57.6 Å². The lowest BCUT2D eigenvalue weighted by atomic mass is 10.5. The molecule has 2 N–H and O–H groups in total. The molecule has 0 amide bonds. The van der Waals surface area contributed by atoms with Gasteiger partial charge in [-0.05, 0) is 20.5 Å². The standard InChI is InChI=1S/C13H24ClN5O/c1-4-5-16-13-17-10-11(14)12(18-13)15-6-8-20-9-7-19(2)3/h10H,4-9H2,1-3H3,(H2,15,16,17,18). The zero-order valence-electron chi connectivity index (χ0n) is 12.4. The van der Waals surface area contributed by atoms with Gasteiger partial charge in [-0.15, -0.1) is 0 Å². The van der Waals surface area contributed by atoms with Crippen LogP contribution < -0.4 is 10.6 Å². The smallest absolute Gasteiger partial charge is 0.224 e. The second kappa shape index (κ2) is 9.74. The molecule has 0 spiro atoms. The van der Waals surface area contributed by atoms with Crippen LogP contribution in [0.25, 0.3) is 0 Å². The SMILES string of the molecule is CCCNc1ncc(Cl)c(NCCOCCN(C)C)n1. The molecule has 114 valence electrons. The Morgan fingerprint density at radius 2 is 2.05 bits per heavy atom. The zero-order chi connectivity index (χ0) is 14.8. The van der Waals surface area contributed by atoms with Crippen LogP contribution in [0.15, 0.2) is 6.20 Å². The van der Waals surface area contributed by atoms with Gasteiger partial charge in [-0.25, -0.2) is 4.98 Å². The summed E-state index contributed by atoms with van der Waals surface area (Å²) in [7, 11) is 4.04. The highest BCUT2D eigenvalue weighted by molar-refractivity contribution is 6.32. The summed E-state index contributed by atoms with van der Waals surface area (Å²) < 4.78 is 5.49. The van der Waals surface area contributed by atoms with Crippen molar-refractivity contribution in [3.8, 4) is 0 Å². The average Bonchev–Trinajstić information content (AvgIpc) is 2.42. The quantitative estimate of drug-likeness (QED) is 0.644. The molecule has 1 aromatic rings. The number of halogens is 1. The maximum absolute atomic E-state index is 6.05. The molecular weight excluding hydrogens is 278 g/mol. The predicted molar refractivity (Wildman–Crippen MR) is 83.7 cm³/mol. The fraction of sp³-hybridized carbons (Fsp3) is 0.692. The van der Waals surface area contributed by atoms with Crippen LogP contribution in [0.3, 0.4) is 0 Å². The van der Waals surface area contributed by atoms with E-state index < -0.39 is 0 Å². The normalized spacial score (nSPS) is 10.8. The number of hydrogen-bond acceptors (Lipinski definition) is 6. The molecule has 0 bridgehead atoms. The highest BCUT2D eigenvalue weighted by Crippen LogP contribution is 2.18. The zero-order valence-corrected chi connectivity index (χ0v) is 13.2. The first-order chi connectivity index (χ1) is 9.63. The molecule has 1 aromatic heterocycles. The van der Waals surface area contributed by atoms with E-state index in [0.717, 1.165) is 26.1 Å². The van der Waals surface area contributed by atoms with E-state index in [2.05, 4.69) is 32.4 Å². The number of hydrogen-bond donors (Lipinski definition) is 2. The molecule has 0 unspecified atom stereocenters. The lowest BCUT2D eigenvalue weighted by molar-refractivity contribution is 0.126. The Kier molecular flexibility index (Phi) is 8.25. The monoisotopic (exact) mass is 301 g/mol. The van der Waals surface area contributed by atoms with Crippen LogP contribution in [-0.4, -0.2) is 61.8 Å². The van der Waals surface area contributed by atoms with E-state index in [1.54, 1.807) is 6.20 Å². The second-order valence-electron chi connectivity index (χ2n) is 4.66. The van der Waals surface area contributed by atoms with Crippen molar-refractivity contribution in [3.63, 3.8) is 0 Å². The summed E-state index contributed by atoms with van der Waals surface area (Å²) in [6, 6.07) is 0. The topological polar surface area (TPSA) is 62.3 Å². The minimum Gasteiger partial charge on any atom is -0.378 e. The van der Waals surface area contributed by atoms with Crippen molar-refractivity contribution >= 4 is 23.4 Å². The molecule has 0 fully saturated rings. The molecular formula is C13H24ClN5O. The van der Waals surface area contributed by atoms with Gasteiger partial charge >= 0.3 is 0 Å². The van der Waals surface area contributed by atoms with E-state index in [-0.39, 0.29) is 0 Å². The van der Waals surface area contributed by atoms with Crippen LogP contribution in [0.5, 0.6) is 0 Å². The highest BCUT2D eigenvalue weighted by Gasteiger charge is 2.04. The predicted octanol–water partition coefficient (Wildman–Crippen LogP) is 1.94. The van der Waals surface area contributed by atoms with Gasteiger partial charge in [0.2, 0.25) is 5.95 Å². The van der Waals surface area contributed by atoms with Gasteiger partial charge in [0, 0.05) is 19.6 Å². The van der Waals surface area contributed by atoms with E-state index in [4.69, 9.17) is 16.3 Å². The van der Waals surface area contributed by atoms with Gasteiger partial charge in [-0.1, -0.05) is 18.5 Å². The fourth-order valence-corrected chi connectivity index (χ4v) is 1.56. The van der Waals surface area contributed by atoms with E-state index in [1.807, 2.05) is 14.1 Å². The summed E-state index contributed by atoms with van der Waals surface area (Å²) in [4.78, 5) is 10.5. The average molecular weight is 302 g/mol. The fourth-order valence-electron chi connectivity index (χ4n) is 1.40. The number of aromatic nitrogens is 2. The molecule has 20 heavy (non-hydrogen) atoms. The third kappa shape index (κ3) is 6.88. The van der Waals surface area contributed by atoms with Crippen molar-refractivity contribution in [1.82, 2.24) is 14.9 Å². The molecule has 0 radical (unpaired) electrons. The lowest BCUT2D eigenvalue weighted by Gasteiger charge is -2.11. The summed E-state index contributed by atoms with van der Waals surface area (Å²) in [5, 5.41) is 6.80. The van der Waals surface area contributed by atoms with Crippen molar-refractivity contribution in [2.24, 2.45) is 0 Å². The third-order valence-corrected chi connectivity index (χ3v) is 2.78. The van der Waals surface area contributed by atoms with Crippen LogP contribution in [-0.2, 0) is 4.74 Å². The first kappa shape index (κ1) is 16.9. The van der Waals surface area contributed by atoms with Gasteiger partial charge in [-0.3, -0.25) is 0 Å². The molecule has 0 aliphatic carbocycles. The Labute approximate surface area is 125 Å². The number of anilines is 2. The maximum atomic E-state index is 6.05. The number of ether oxygens (including phenoxy) is 1. The second-order valence-corrected chi connectivity index (χ2v) is 5.07. The number of likely N-dealkylation sites (N-methyl/N-ethyl adjacent to an activating group) is 1. The maximum Gasteiger partial charge on any atom is 0.224 e. The Morgan fingerprint density at radius 3 is 2.75 bits per heavy atom. The third-order valence-electron chi connectivity index (χ3n) is 2.50. The van der Waals surface area contributed by atoms with Gasteiger partial charge in [0.05, 0.1) is 19.4 Å². The summed E-state index contributed by atoms with van der Waals surface area (Å²) >= 11 is 6.05. The van der Waals surface area contributed by atoms with Crippen molar-refractivity contribution < 1.29 is 4.74 Å². The summed E-state index contributed by atoms with van der Waals surface area (Å²) in [5.41, 5.74) is 0. The van der Waals surface area contributed by atoms with Crippen LogP contribution in [0.4, 0.5) is 11.8 Å². The van der Waals surface area contributed by atoms with Crippen LogP contribution in [0, 0.1) is 0 Å². The molecule has 0 aliphatic rings. The van der Waals surface area contributed by atoms with Crippen molar-refractivity contribution in [2.45, 2.75) is 13.3 Å². The molecule has 0 atom stereocenters. The lowest BCUT2D eigenvalue weighted by Crippen LogP contribution is -2.20. The summed E-state index contributed by atoms with van der Waals surface area (Å²) in [5.74, 6) is 1.23. The van der Waals surface area contributed by atoms with E-state index in [9.17, 15) is 0 Å². The molecule has 0 saturated carbocycles. The molecule has 6 nitrogen and oxygen atoms in total. The Balaban J connectivity index is 2.31. The van der Waals surface area contributed by atoms with Crippen LogP contribution in [0.2, 0.25) is 5.02 Å². The minimum absolute atomic E-state index is 0.514. The molecule has 7 heteroatoms. The number of rotatable bonds is 10. The summed E-state index contributed by atoms with van der Waals surface area (Å²) in [6.07, 6.45) is 2.62. The van der Waals surface area contributed by atoms with Gasteiger partial charge in [0.15, 0.2) is 5.82 Å². The summed E-state index contributed by atoms with van der Waals surface area (Å²) in [6.45, 7) is 5.85. The first-order valence-corrected chi connectivity index (χ1v) is 7.24. The van der Waals surface area contributed by atoms with Gasteiger partial charge in [-0.2, -0.15) is 4.98 Å². The van der Waals surface area contributed by atoms with Crippen LogP contribution in [0.1, 0.15) is 13.3 Å². The largest absolute Gasteiger partial charge is 0.378 e. The first-order valence-electron chi connectivity index (χ1n) is 6.86. The molecule has 1 rings (SSSR count). The van der Waals surface area contributed by atoms with E-state index in [0.29, 0.717) is 29.9 Å². The van der Waals surface area contributed by atoms with Gasteiger partial charge in [0.25, 0.3) is 0 Å². The van der Waals surface area contributed by atoms with E-state index in [1.165, 1.54) is 0 Å². The highest BCUT2D eigenvalue weighted by atomic mass is 35.5. The number of nitrogens with one attached hydrogen (secondary N) is 2. The van der Waals surface area contributed by atoms with Gasteiger partial charge in [0.1, 0.15) is 5.02 Å². The van der Waals surface area contributed by atoms with Gasteiger partial charge < -0.3 is 20.3 Å². The number of nitrogens with zero attached hydrogens (tertiary/aromatic N) is 3. The Bertz CT molecular complexity index is 389. The van der Waals surface area contributed by atoms with Crippen molar-refractivity contribution in [1.29, 1.82) is 0 Å². The van der Waals surface area contributed by atoms with Crippen LogP contribution >= 0.6 is 11.6 Å². The molecule has 1 heterocycles. The van der Waals surface area contributed by atoms with Crippen molar-refractivity contribution in [3.05, 3.63) is 11.2 Å². The Morgan fingerprint density at radius 1 is 1.25 bits per heavy atom. The molecule has 0 aromatic carbocycles. The molecule has 0 saturated heterocycles. The van der Waals surface area contributed by atoms with E-state index >= 15 is 0 Å². The Hall–Kier alpha value is -1.11. The molecule has 0 aliphatic heterocycles.